The van der Waals surface area contributed by atoms with Crippen molar-refractivity contribution in [3.05, 3.63) is 24.3 Å². The molecule has 0 aliphatic heterocycles. The van der Waals surface area contributed by atoms with Crippen molar-refractivity contribution < 1.29 is 17.2 Å². The molecule has 0 fully saturated rings. The molecule has 1 N–H and O–H groups in total. The van der Waals surface area contributed by atoms with E-state index in [0.717, 1.165) is 25.7 Å². The molecule has 0 bridgehead atoms. The van der Waals surface area contributed by atoms with Crippen molar-refractivity contribution in [3.63, 3.8) is 0 Å². The molecular formula is C15H23F2NO2S. The summed E-state index contributed by atoms with van der Waals surface area (Å²) >= 11 is 0. The number of unbranched alkanes of at least 4 members (excludes halogenated alkanes) is 3. The maximum atomic E-state index is 12.7. The van der Waals surface area contributed by atoms with Crippen LogP contribution < -0.4 is 5.32 Å². The molecule has 1 unspecified atom stereocenters. The number of hydrogen-bond donors (Lipinski definition) is 1. The smallest absolute Gasteiger partial charge is 0.341 e. The molecule has 0 radical (unpaired) electrons. The molecule has 3 nitrogen and oxygen atoms in total. The molecule has 0 aliphatic rings. The summed E-state index contributed by atoms with van der Waals surface area (Å²) in [6.45, 7) is 4.06. The second-order valence-electron chi connectivity index (χ2n) is 5.20. The number of hydrogen-bond acceptors (Lipinski definition) is 3. The van der Waals surface area contributed by atoms with Gasteiger partial charge in [-0.15, -0.1) is 0 Å². The summed E-state index contributed by atoms with van der Waals surface area (Å²) in [6.07, 6.45) is 5.36. The maximum absolute atomic E-state index is 12.7. The highest BCUT2D eigenvalue weighted by atomic mass is 32.2. The van der Waals surface area contributed by atoms with Crippen molar-refractivity contribution in [1.29, 1.82) is 0 Å². The van der Waals surface area contributed by atoms with Crippen LogP contribution in [0.3, 0.4) is 0 Å². The third-order valence-electron chi connectivity index (χ3n) is 3.32. The predicted octanol–water partition coefficient (Wildman–Crippen LogP) is 4.45. The van der Waals surface area contributed by atoms with Gasteiger partial charge in [-0.1, -0.05) is 44.7 Å². The van der Waals surface area contributed by atoms with E-state index in [-0.39, 0.29) is 16.6 Å². The monoisotopic (exact) mass is 319 g/mol. The standard InChI is InChI=1S/C15H23F2NO2S/c1-3-4-5-6-9-12(2)18-13-10-7-8-11-14(13)21(19,20)15(16)17/h7-8,10-12,15,18H,3-6,9H2,1-2H3. The number of anilines is 1. The van der Waals surface area contributed by atoms with Crippen molar-refractivity contribution in [2.75, 3.05) is 5.32 Å². The van der Waals surface area contributed by atoms with E-state index in [9.17, 15) is 17.2 Å². The van der Waals surface area contributed by atoms with Crippen molar-refractivity contribution >= 4 is 15.5 Å². The van der Waals surface area contributed by atoms with E-state index in [1.165, 1.54) is 24.6 Å². The van der Waals surface area contributed by atoms with Gasteiger partial charge in [0, 0.05) is 6.04 Å². The van der Waals surface area contributed by atoms with E-state index in [4.69, 9.17) is 0 Å². The van der Waals surface area contributed by atoms with Crippen LogP contribution in [0, 0.1) is 0 Å². The average Bonchev–Trinajstić information content (AvgIpc) is 2.44. The van der Waals surface area contributed by atoms with Crippen molar-refractivity contribution in [2.24, 2.45) is 0 Å². The molecule has 0 saturated heterocycles. The van der Waals surface area contributed by atoms with Gasteiger partial charge in [-0.3, -0.25) is 0 Å². The predicted molar refractivity (Wildman–Crippen MR) is 81.5 cm³/mol. The van der Waals surface area contributed by atoms with Gasteiger partial charge >= 0.3 is 5.76 Å². The van der Waals surface area contributed by atoms with Gasteiger partial charge in [-0.2, -0.15) is 8.78 Å². The fourth-order valence-electron chi connectivity index (χ4n) is 2.14. The summed E-state index contributed by atoms with van der Waals surface area (Å²) in [7, 11) is -4.58. The Balaban J connectivity index is 2.76. The number of alkyl halides is 2. The summed E-state index contributed by atoms with van der Waals surface area (Å²) in [5.41, 5.74) is 0.251. The van der Waals surface area contributed by atoms with Crippen molar-refractivity contribution in [1.82, 2.24) is 0 Å². The van der Waals surface area contributed by atoms with Crippen LogP contribution in [0.2, 0.25) is 0 Å². The van der Waals surface area contributed by atoms with Gasteiger partial charge in [0.05, 0.1) is 10.6 Å². The Labute approximate surface area is 125 Å². The zero-order chi connectivity index (χ0) is 15.9. The van der Waals surface area contributed by atoms with Gasteiger partial charge in [0.2, 0.25) is 9.84 Å². The topological polar surface area (TPSA) is 46.2 Å². The molecule has 1 aromatic carbocycles. The normalized spacial score (nSPS) is 13.4. The van der Waals surface area contributed by atoms with Crippen molar-refractivity contribution in [3.8, 4) is 0 Å². The quantitative estimate of drug-likeness (QED) is 0.684. The molecule has 0 amide bonds. The first-order chi connectivity index (χ1) is 9.89. The average molecular weight is 319 g/mol. The maximum Gasteiger partial charge on any atom is 0.341 e. The molecule has 0 spiro atoms. The Morgan fingerprint density at radius 1 is 1.14 bits per heavy atom. The van der Waals surface area contributed by atoms with Gasteiger partial charge in [-0.05, 0) is 25.5 Å². The lowest BCUT2D eigenvalue weighted by Crippen LogP contribution is -2.19. The molecule has 0 aromatic heterocycles. The molecule has 0 heterocycles. The molecule has 0 saturated carbocycles. The minimum absolute atomic E-state index is 0.0379. The molecule has 6 heteroatoms. The molecular weight excluding hydrogens is 296 g/mol. The minimum Gasteiger partial charge on any atom is -0.382 e. The van der Waals surface area contributed by atoms with Crippen LogP contribution in [0.1, 0.15) is 46.0 Å². The first-order valence-electron chi connectivity index (χ1n) is 7.27. The molecule has 21 heavy (non-hydrogen) atoms. The van der Waals surface area contributed by atoms with Crippen molar-refractivity contribution in [2.45, 2.75) is 62.6 Å². The Hall–Kier alpha value is -1.17. The lowest BCUT2D eigenvalue weighted by Gasteiger charge is -2.18. The number of benzene rings is 1. The highest BCUT2D eigenvalue weighted by Gasteiger charge is 2.29. The number of rotatable bonds is 9. The van der Waals surface area contributed by atoms with E-state index >= 15 is 0 Å². The molecule has 0 aliphatic carbocycles. The minimum atomic E-state index is -4.58. The Morgan fingerprint density at radius 2 is 1.81 bits per heavy atom. The second kappa shape index (κ2) is 8.32. The van der Waals surface area contributed by atoms with Crippen LogP contribution in [-0.2, 0) is 9.84 Å². The van der Waals surface area contributed by atoms with E-state index in [1.807, 2.05) is 6.92 Å². The molecule has 1 aromatic rings. The lowest BCUT2D eigenvalue weighted by molar-refractivity contribution is 0.235. The summed E-state index contributed by atoms with van der Waals surface area (Å²) in [4.78, 5) is -0.333. The van der Waals surface area contributed by atoms with Crippen LogP contribution in [0.15, 0.2) is 29.2 Å². The summed E-state index contributed by atoms with van der Waals surface area (Å²) < 4.78 is 48.7. The highest BCUT2D eigenvalue weighted by molar-refractivity contribution is 7.91. The van der Waals surface area contributed by atoms with Gasteiger partial charge in [0.15, 0.2) is 0 Å². The van der Waals surface area contributed by atoms with Crippen LogP contribution >= 0.6 is 0 Å². The highest BCUT2D eigenvalue weighted by Crippen LogP contribution is 2.27. The largest absolute Gasteiger partial charge is 0.382 e. The number of para-hydroxylation sites is 1. The van der Waals surface area contributed by atoms with E-state index in [0.29, 0.717) is 0 Å². The molecule has 120 valence electrons. The summed E-state index contributed by atoms with van der Waals surface area (Å²) in [5, 5.41) is 3.04. The lowest BCUT2D eigenvalue weighted by atomic mass is 10.1. The summed E-state index contributed by atoms with van der Waals surface area (Å²) in [6, 6.07) is 5.87. The van der Waals surface area contributed by atoms with E-state index < -0.39 is 15.6 Å². The third-order valence-corrected chi connectivity index (χ3v) is 4.76. The first-order valence-corrected chi connectivity index (χ1v) is 8.81. The fraction of sp³-hybridized carbons (Fsp3) is 0.600. The van der Waals surface area contributed by atoms with Crippen LogP contribution in [-0.4, -0.2) is 20.2 Å². The van der Waals surface area contributed by atoms with Crippen LogP contribution in [0.5, 0.6) is 0 Å². The Morgan fingerprint density at radius 3 is 2.43 bits per heavy atom. The first kappa shape index (κ1) is 17.9. The zero-order valence-corrected chi connectivity index (χ0v) is 13.3. The van der Waals surface area contributed by atoms with Gasteiger partial charge < -0.3 is 5.32 Å². The second-order valence-corrected chi connectivity index (χ2v) is 7.08. The Kier molecular flexibility index (Phi) is 7.08. The van der Waals surface area contributed by atoms with Crippen LogP contribution in [0.25, 0.3) is 0 Å². The number of nitrogens with one attached hydrogen (secondary N) is 1. The fourth-order valence-corrected chi connectivity index (χ4v) is 3.04. The van der Waals surface area contributed by atoms with Crippen LogP contribution in [0.4, 0.5) is 14.5 Å². The van der Waals surface area contributed by atoms with Gasteiger partial charge in [-0.25, -0.2) is 8.42 Å². The Bertz CT molecular complexity index is 532. The van der Waals surface area contributed by atoms with Gasteiger partial charge in [0.1, 0.15) is 0 Å². The SMILES string of the molecule is CCCCCCC(C)Nc1ccccc1S(=O)(=O)C(F)F. The zero-order valence-electron chi connectivity index (χ0n) is 12.5. The van der Waals surface area contributed by atoms with E-state index in [2.05, 4.69) is 12.2 Å². The summed E-state index contributed by atoms with van der Waals surface area (Å²) in [5.74, 6) is -3.40. The van der Waals surface area contributed by atoms with E-state index in [1.54, 1.807) is 6.07 Å². The number of halogens is 2. The third kappa shape index (κ3) is 5.26. The number of sulfone groups is 1. The van der Waals surface area contributed by atoms with Gasteiger partial charge in [0.25, 0.3) is 0 Å². The molecule has 1 atom stereocenters. The molecule has 1 rings (SSSR count).